The van der Waals surface area contributed by atoms with Crippen molar-refractivity contribution in [1.29, 1.82) is 0 Å². The number of imidazole rings is 1. The lowest BCUT2D eigenvalue weighted by Crippen LogP contribution is -2.34. The fraction of sp³-hybridized carbons (Fsp3) is 0.636. The van der Waals surface area contributed by atoms with Crippen LogP contribution in [0.15, 0.2) is 0 Å². The molecule has 1 N–H and O–H groups in total. The minimum atomic E-state index is -0.938. The number of aryl methyl sites for hydroxylation is 1. The second-order valence-electron chi connectivity index (χ2n) is 4.55. The Hall–Kier alpha value is -2.12. The topological polar surface area (TPSA) is 102 Å². The van der Waals surface area contributed by atoms with Gasteiger partial charge in [0, 0.05) is 26.6 Å². The molecule has 0 aliphatic rings. The van der Waals surface area contributed by atoms with Gasteiger partial charge in [0.15, 0.2) is 0 Å². The van der Waals surface area contributed by atoms with E-state index in [1.165, 1.54) is 0 Å². The number of carboxylic acids is 1. The molecule has 0 aliphatic heterocycles. The minimum absolute atomic E-state index is 0.0622. The highest BCUT2D eigenvalue weighted by Gasteiger charge is 2.29. The van der Waals surface area contributed by atoms with E-state index in [9.17, 15) is 14.9 Å². The standard InChI is InChI=1S/C11H18N4O4/c1-7(2)14(6-5-9(16)17)11-10(15(18)19)12-8(3)13(11)4/h7H,5-6H2,1-4H3,(H,16,17). The van der Waals surface area contributed by atoms with E-state index in [1.54, 1.807) is 23.4 Å². The van der Waals surface area contributed by atoms with Gasteiger partial charge in [0.2, 0.25) is 11.6 Å². The molecule has 19 heavy (non-hydrogen) atoms. The molecule has 0 aromatic carbocycles. The zero-order valence-corrected chi connectivity index (χ0v) is 11.5. The van der Waals surface area contributed by atoms with Crippen LogP contribution >= 0.6 is 0 Å². The van der Waals surface area contributed by atoms with Gasteiger partial charge in [0.05, 0.1) is 6.42 Å². The van der Waals surface area contributed by atoms with Crippen LogP contribution in [0.3, 0.4) is 0 Å². The summed E-state index contributed by atoms with van der Waals surface area (Å²) in [6.07, 6.45) is -0.0838. The van der Waals surface area contributed by atoms with Gasteiger partial charge in [-0.15, -0.1) is 0 Å². The lowest BCUT2D eigenvalue weighted by molar-refractivity contribution is -0.388. The van der Waals surface area contributed by atoms with Crippen molar-refractivity contribution in [2.75, 3.05) is 11.4 Å². The number of hydrogen-bond acceptors (Lipinski definition) is 5. The number of nitrogens with zero attached hydrogens (tertiary/aromatic N) is 4. The summed E-state index contributed by atoms with van der Waals surface area (Å²) in [5.74, 6) is -0.312. The predicted octanol–water partition coefficient (Wildman–Crippen LogP) is 1.33. The van der Waals surface area contributed by atoms with Crippen molar-refractivity contribution in [2.24, 2.45) is 7.05 Å². The van der Waals surface area contributed by atoms with E-state index in [4.69, 9.17) is 5.11 Å². The second-order valence-corrected chi connectivity index (χ2v) is 4.55. The number of anilines is 1. The fourth-order valence-electron chi connectivity index (χ4n) is 1.85. The highest BCUT2D eigenvalue weighted by molar-refractivity contribution is 5.68. The predicted molar refractivity (Wildman–Crippen MR) is 69.3 cm³/mol. The van der Waals surface area contributed by atoms with Crippen LogP contribution in [0.4, 0.5) is 11.6 Å². The smallest absolute Gasteiger partial charge is 0.406 e. The van der Waals surface area contributed by atoms with Crippen molar-refractivity contribution in [3.63, 3.8) is 0 Å². The van der Waals surface area contributed by atoms with Gasteiger partial charge in [0.1, 0.15) is 0 Å². The maximum atomic E-state index is 11.0. The fourth-order valence-corrected chi connectivity index (χ4v) is 1.85. The summed E-state index contributed by atoms with van der Waals surface area (Å²) in [4.78, 5) is 26.8. The molecule has 8 heteroatoms. The average molecular weight is 270 g/mol. The third kappa shape index (κ3) is 3.21. The molecule has 0 spiro atoms. The molecule has 1 aromatic heterocycles. The molecule has 0 radical (unpaired) electrons. The zero-order chi connectivity index (χ0) is 14.7. The maximum absolute atomic E-state index is 11.0. The first-order valence-corrected chi connectivity index (χ1v) is 5.91. The van der Waals surface area contributed by atoms with E-state index < -0.39 is 10.9 Å². The average Bonchev–Trinajstić information content (AvgIpc) is 2.57. The molecule has 0 saturated carbocycles. The molecule has 0 atom stereocenters. The van der Waals surface area contributed by atoms with E-state index in [-0.39, 0.29) is 24.8 Å². The monoisotopic (exact) mass is 270 g/mol. The first kappa shape index (κ1) is 14.9. The van der Waals surface area contributed by atoms with Crippen molar-refractivity contribution < 1.29 is 14.8 Å². The van der Waals surface area contributed by atoms with Gasteiger partial charge >= 0.3 is 11.8 Å². The number of carbonyl (C=O) groups is 1. The Kier molecular flexibility index (Phi) is 4.47. The molecule has 1 heterocycles. The van der Waals surface area contributed by atoms with Crippen molar-refractivity contribution in [3.05, 3.63) is 15.9 Å². The second kappa shape index (κ2) is 5.68. The van der Waals surface area contributed by atoms with Gasteiger partial charge in [-0.25, -0.2) is 0 Å². The maximum Gasteiger partial charge on any atom is 0.406 e. The van der Waals surface area contributed by atoms with Crippen LogP contribution in [-0.2, 0) is 11.8 Å². The number of nitro groups is 1. The Balaban J connectivity index is 3.21. The lowest BCUT2D eigenvalue weighted by Gasteiger charge is -2.27. The summed E-state index contributed by atoms with van der Waals surface area (Å²) < 4.78 is 1.61. The van der Waals surface area contributed by atoms with Crippen molar-refractivity contribution in [3.8, 4) is 0 Å². The molecule has 8 nitrogen and oxygen atoms in total. The van der Waals surface area contributed by atoms with Gasteiger partial charge in [-0.3, -0.25) is 9.36 Å². The summed E-state index contributed by atoms with van der Waals surface area (Å²) in [5, 5.41) is 19.8. The Bertz CT molecular complexity index is 495. The Morgan fingerprint density at radius 1 is 1.58 bits per heavy atom. The number of aliphatic carboxylic acids is 1. The summed E-state index contributed by atoms with van der Waals surface area (Å²) in [7, 11) is 1.68. The molecule has 0 aliphatic carbocycles. The van der Waals surface area contributed by atoms with E-state index in [0.717, 1.165) is 0 Å². The summed E-state index contributed by atoms with van der Waals surface area (Å²) >= 11 is 0. The lowest BCUT2D eigenvalue weighted by atomic mass is 10.3. The Morgan fingerprint density at radius 2 is 2.16 bits per heavy atom. The van der Waals surface area contributed by atoms with Crippen molar-refractivity contribution in [1.82, 2.24) is 9.55 Å². The highest BCUT2D eigenvalue weighted by Crippen LogP contribution is 2.29. The number of carboxylic acid groups (broad SMARTS) is 1. The van der Waals surface area contributed by atoms with Crippen molar-refractivity contribution >= 4 is 17.6 Å². The van der Waals surface area contributed by atoms with Crippen LogP contribution in [0, 0.1) is 17.0 Å². The van der Waals surface area contributed by atoms with E-state index >= 15 is 0 Å². The molecule has 0 amide bonds. The van der Waals surface area contributed by atoms with Gasteiger partial charge in [-0.2, -0.15) is 0 Å². The number of hydrogen-bond donors (Lipinski definition) is 1. The van der Waals surface area contributed by atoms with Gasteiger partial charge < -0.3 is 20.1 Å². The molecule has 106 valence electrons. The Morgan fingerprint density at radius 3 is 2.58 bits per heavy atom. The van der Waals surface area contributed by atoms with Crippen LogP contribution in [0.5, 0.6) is 0 Å². The molecule has 0 saturated heterocycles. The summed E-state index contributed by atoms with van der Waals surface area (Å²) in [5.41, 5.74) is 0. The normalized spacial score (nSPS) is 10.8. The zero-order valence-electron chi connectivity index (χ0n) is 11.5. The largest absolute Gasteiger partial charge is 0.481 e. The van der Waals surface area contributed by atoms with Gasteiger partial charge in [-0.1, -0.05) is 0 Å². The minimum Gasteiger partial charge on any atom is -0.481 e. The molecule has 0 fully saturated rings. The van der Waals surface area contributed by atoms with E-state index in [0.29, 0.717) is 11.6 Å². The van der Waals surface area contributed by atoms with Crippen molar-refractivity contribution in [2.45, 2.75) is 33.2 Å². The third-order valence-electron chi connectivity index (χ3n) is 2.91. The van der Waals surface area contributed by atoms with Crippen LogP contribution in [-0.4, -0.2) is 38.1 Å². The molecule has 0 unspecified atom stereocenters. The molecule has 0 bridgehead atoms. The third-order valence-corrected chi connectivity index (χ3v) is 2.91. The number of aromatic nitrogens is 2. The van der Waals surface area contributed by atoms with E-state index in [2.05, 4.69) is 4.98 Å². The molecular weight excluding hydrogens is 252 g/mol. The SMILES string of the molecule is Cc1nc([N+](=O)[O-])c(N(CCC(=O)O)C(C)C)n1C. The van der Waals surface area contributed by atoms with Gasteiger partial charge in [-0.05, 0) is 23.8 Å². The quantitative estimate of drug-likeness (QED) is 0.618. The first-order valence-electron chi connectivity index (χ1n) is 5.91. The van der Waals surface area contributed by atoms with Crippen LogP contribution in [0.2, 0.25) is 0 Å². The van der Waals surface area contributed by atoms with Crippen LogP contribution in [0.25, 0.3) is 0 Å². The molecule has 1 rings (SSSR count). The summed E-state index contributed by atoms with van der Waals surface area (Å²) in [6.45, 7) is 5.58. The van der Waals surface area contributed by atoms with Crippen LogP contribution < -0.4 is 4.90 Å². The van der Waals surface area contributed by atoms with Crippen LogP contribution in [0.1, 0.15) is 26.1 Å². The van der Waals surface area contributed by atoms with Gasteiger partial charge in [0.25, 0.3) is 0 Å². The van der Waals surface area contributed by atoms with E-state index in [1.807, 2.05) is 13.8 Å². The molecule has 1 aromatic rings. The Labute approximate surface area is 110 Å². The number of rotatable bonds is 6. The molecular formula is C11H18N4O4. The highest BCUT2D eigenvalue weighted by atomic mass is 16.6. The summed E-state index contributed by atoms with van der Waals surface area (Å²) in [6, 6.07) is -0.0622. The first-order chi connectivity index (χ1) is 8.75.